The Balaban J connectivity index is 2.05. The van der Waals surface area contributed by atoms with Crippen LogP contribution in [-0.2, 0) is 6.42 Å². The fourth-order valence-electron chi connectivity index (χ4n) is 2.11. The number of aryl methyl sites for hydroxylation is 1. The Bertz CT molecular complexity index is 376. The number of rotatable bonds is 4. The molecular weight excluding hydrogens is 228 g/mol. The Morgan fingerprint density at radius 3 is 3.06 bits per heavy atom. The van der Waals surface area contributed by atoms with Gasteiger partial charge in [0, 0.05) is 30.2 Å². The molecule has 2 N–H and O–H groups in total. The summed E-state index contributed by atoms with van der Waals surface area (Å²) in [5.41, 5.74) is 8.65. The van der Waals surface area contributed by atoms with Crippen molar-refractivity contribution in [1.82, 2.24) is 0 Å². The Hall–Kier alpha value is -0.670. The summed E-state index contributed by atoms with van der Waals surface area (Å²) in [5, 5.41) is 0. The third-order valence-corrected chi connectivity index (χ3v) is 4.45. The molecule has 0 amide bonds. The van der Waals surface area contributed by atoms with Gasteiger partial charge >= 0.3 is 0 Å². The molecule has 1 heterocycles. The van der Waals surface area contributed by atoms with Crippen molar-refractivity contribution in [2.24, 2.45) is 5.73 Å². The van der Waals surface area contributed by atoms with Gasteiger partial charge in [-0.15, -0.1) is 11.8 Å². The summed E-state index contributed by atoms with van der Waals surface area (Å²) in [6, 6.07) is 7.14. The van der Waals surface area contributed by atoms with E-state index in [4.69, 9.17) is 5.73 Å². The van der Waals surface area contributed by atoms with E-state index >= 15 is 0 Å². The van der Waals surface area contributed by atoms with Gasteiger partial charge < -0.3 is 10.6 Å². The second-order valence-electron chi connectivity index (χ2n) is 4.93. The highest BCUT2D eigenvalue weighted by molar-refractivity contribution is 7.99. The Kier molecular flexibility index (Phi) is 4.35. The number of nitrogens with two attached hydrogens (primary N) is 1. The fraction of sp³-hybridized carbons (Fsp3) is 0.571. The predicted molar refractivity (Wildman–Crippen MR) is 77.0 cm³/mol. The van der Waals surface area contributed by atoms with E-state index in [-0.39, 0.29) is 6.04 Å². The minimum Gasteiger partial charge on any atom is -0.375 e. The average Bonchev–Trinajstić information content (AvgIpc) is 2.35. The molecule has 0 saturated heterocycles. The molecule has 0 aromatic heterocycles. The van der Waals surface area contributed by atoms with Gasteiger partial charge in [0.05, 0.1) is 0 Å². The largest absolute Gasteiger partial charge is 0.375 e. The second kappa shape index (κ2) is 5.78. The quantitative estimate of drug-likeness (QED) is 0.891. The lowest BCUT2D eigenvalue weighted by Gasteiger charge is -2.23. The molecule has 0 saturated carbocycles. The van der Waals surface area contributed by atoms with E-state index in [2.05, 4.69) is 37.1 Å². The van der Waals surface area contributed by atoms with Gasteiger partial charge in [0.15, 0.2) is 0 Å². The first-order valence-electron chi connectivity index (χ1n) is 6.39. The van der Waals surface area contributed by atoms with E-state index in [1.807, 2.05) is 11.8 Å². The van der Waals surface area contributed by atoms with Crippen LogP contribution in [0.3, 0.4) is 0 Å². The lowest BCUT2D eigenvalue weighted by atomic mass is 10.1. The van der Waals surface area contributed by atoms with Crippen LogP contribution < -0.4 is 10.6 Å². The summed E-state index contributed by atoms with van der Waals surface area (Å²) in [5.74, 6) is 1.27. The molecule has 1 atom stereocenters. The molecule has 0 radical (unpaired) electrons. The molecule has 0 fully saturated rings. The van der Waals surface area contributed by atoms with Gasteiger partial charge in [0.25, 0.3) is 0 Å². The molecule has 1 aromatic rings. The van der Waals surface area contributed by atoms with Gasteiger partial charge in [0.1, 0.15) is 0 Å². The molecule has 1 aromatic carbocycles. The number of benzene rings is 1. The molecule has 0 aliphatic carbocycles. The molecule has 2 nitrogen and oxygen atoms in total. The lowest BCUT2D eigenvalue weighted by Crippen LogP contribution is -2.25. The number of nitrogens with zero attached hydrogens (tertiary/aromatic N) is 1. The topological polar surface area (TPSA) is 29.3 Å². The molecule has 1 unspecified atom stereocenters. The number of fused-ring (bicyclic) bond motifs is 1. The smallest absolute Gasteiger partial charge is 0.0367 e. The van der Waals surface area contributed by atoms with Crippen molar-refractivity contribution in [3.8, 4) is 0 Å². The van der Waals surface area contributed by atoms with Crippen LogP contribution in [0.25, 0.3) is 0 Å². The first-order valence-corrected chi connectivity index (χ1v) is 7.38. The van der Waals surface area contributed by atoms with E-state index < -0.39 is 0 Å². The van der Waals surface area contributed by atoms with Gasteiger partial charge in [-0.1, -0.05) is 0 Å². The summed E-state index contributed by atoms with van der Waals surface area (Å²) >= 11 is 1.99. The van der Waals surface area contributed by atoms with Crippen LogP contribution in [0.15, 0.2) is 23.1 Å². The molecule has 2 rings (SSSR count). The summed E-state index contributed by atoms with van der Waals surface area (Å²) < 4.78 is 0. The molecule has 0 bridgehead atoms. The molecule has 0 spiro atoms. The van der Waals surface area contributed by atoms with Crippen molar-refractivity contribution in [1.29, 1.82) is 0 Å². The molecule has 94 valence electrons. The van der Waals surface area contributed by atoms with Crippen LogP contribution in [0.4, 0.5) is 5.69 Å². The predicted octanol–water partition coefficient (Wildman–Crippen LogP) is 2.90. The Morgan fingerprint density at radius 2 is 2.29 bits per heavy atom. The minimum absolute atomic E-state index is 0.283. The van der Waals surface area contributed by atoms with Crippen molar-refractivity contribution in [3.63, 3.8) is 0 Å². The third-order valence-electron chi connectivity index (χ3n) is 3.25. The molecule has 1 aliphatic heterocycles. The fourth-order valence-corrected chi connectivity index (χ4v) is 3.13. The Morgan fingerprint density at radius 1 is 1.47 bits per heavy atom. The summed E-state index contributed by atoms with van der Waals surface area (Å²) in [4.78, 5) is 3.78. The maximum Gasteiger partial charge on any atom is 0.0367 e. The van der Waals surface area contributed by atoms with Crippen LogP contribution in [-0.4, -0.2) is 25.4 Å². The molecule has 1 aliphatic rings. The van der Waals surface area contributed by atoms with Gasteiger partial charge in [-0.05, 0) is 55.7 Å². The third kappa shape index (κ3) is 3.39. The maximum atomic E-state index is 5.80. The molecule has 3 heteroatoms. The number of hydrogen-bond donors (Lipinski definition) is 1. The number of anilines is 1. The highest BCUT2D eigenvalue weighted by Crippen LogP contribution is 2.32. The average molecular weight is 250 g/mol. The first kappa shape index (κ1) is 12.8. The van der Waals surface area contributed by atoms with E-state index in [1.165, 1.54) is 34.7 Å². The summed E-state index contributed by atoms with van der Waals surface area (Å²) in [6.45, 7) is 3.10. The van der Waals surface area contributed by atoms with Crippen molar-refractivity contribution < 1.29 is 0 Å². The summed E-state index contributed by atoms with van der Waals surface area (Å²) in [6.07, 6.45) is 3.59. The zero-order chi connectivity index (χ0) is 12.3. The van der Waals surface area contributed by atoms with E-state index in [9.17, 15) is 0 Å². The van der Waals surface area contributed by atoms with Crippen LogP contribution in [0.1, 0.15) is 25.3 Å². The molecular formula is C14H22N2S. The van der Waals surface area contributed by atoms with Gasteiger partial charge in [0.2, 0.25) is 0 Å². The minimum atomic E-state index is 0.283. The van der Waals surface area contributed by atoms with Crippen LogP contribution in [0.2, 0.25) is 0 Å². The van der Waals surface area contributed by atoms with Gasteiger partial charge in [-0.2, -0.15) is 0 Å². The van der Waals surface area contributed by atoms with Crippen molar-refractivity contribution >= 4 is 17.4 Å². The number of thioether (sulfide) groups is 1. The van der Waals surface area contributed by atoms with E-state index in [0.29, 0.717) is 0 Å². The highest BCUT2D eigenvalue weighted by atomic mass is 32.2. The van der Waals surface area contributed by atoms with E-state index in [0.717, 1.165) is 13.0 Å². The monoisotopic (exact) mass is 250 g/mol. The van der Waals surface area contributed by atoms with Crippen molar-refractivity contribution in [2.75, 3.05) is 24.2 Å². The normalized spacial score (nSPS) is 16.4. The lowest BCUT2D eigenvalue weighted by molar-refractivity contribution is 0.659. The first-order chi connectivity index (χ1) is 8.16. The zero-order valence-corrected chi connectivity index (χ0v) is 11.6. The molecule has 17 heavy (non-hydrogen) atoms. The van der Waals surface area contributed by atoms with Gasteiger partial charge in [-0.3, -0.25) is 0 Å². The van der Waals surface area contributed by atoms with Crippen LogP contribution in [0, 0.1) is 0 Å². The maximum absolute atomic E-state index is 5.80. The van der Waals surface area contributed by atoms with Crippen molar-refractivity contribution in [3.05, 3.63) is 23.8 Å². The highest BCUT2D eigenvalue weighted by Gasteiger charge is 2.11. The van der Waals surface area contributed by atoms with Gasteiger partial charge in [-0.25, -0.2) is 0 Å². The van der Waals surface area contributed by atoms with E-state index in [1.54, 1.807) is 0 Å². The van der Waals surface area contributed by atoms with Crippen LogP contribution in [0.5, 0.6) is 0 Å². The van der Waals surface area contributed by atoms with Crippen molar-refractivity contribution in [2.45, 2.75) is 37.1 Å². The standard InChI is InChI=1S/C14H22N2S/c1-11(15)7-8-16(2)13-5-6-14-12(10-13)4-3-9-17-14/h5-6,10-11H,3-4,7-9,15H2,1-2H3. The SMILES string of the molecule is CC(N)CCN(C)c1ccc2c(c1)CCCS2. The zero-order valence-electron chi connectivity index (χ0n) is 10.8. The summed E-state index contributed by atoms with van der Waals surface area (Å²) in [7, 11) is 2.15. The number of hydrogen-bond acceptors (Lipinski definition) is 3. The Labute approximate surface area is 109 Å². The second-order valence-corrected chi connectivity index (χ2v) is 6.07. The van der Waals surface area contributed by atoms with Crippen LogP contribution >= 0.6 is 11.8 Å².